The molecule has 0 saturated carbocycles. The fraction of sp³-hybridized carbons (Fsp3) is 0.136. The Bertz CT molecular complexity index is 1790. The molecule has 5 aromatic rings. The van der Waals surface area contributed by atoms with Gasteiger partial charge >= 0.3 is 12.4 Å². The van der Waals surface area contributed by atoms with E-state index in [9.17, 15) is 35.9 Å². The lowest BCUT2D eigenvalue weighted by atomic mass is 10.1. The Kier molecular flexibility index (Phi) is 6.17. The van der Waals surface area contributed by atoms with Gasteiger partial charge < -0.3 is 15.5 Å². The second-order valence-electron chi connectivity index (χ2n) is 8.01. The predicted octanol–water partition coefficient (Wildman–Crippen LogP) is 6.06. The predicted molar refractivity (Wildman–Crippen MR) is 129 cm³/mol. The Morgan fingerprint density at radius 1 is 1.13 bits per heavy atom. The number of nitrogens with two attached hydrogens (primary N) is 1. The molecule has 39 heavy (non-hydrogen) atoms. The quantitative estimate of drug-likeness (QED) is 0.232. The molecule has 2 amide bonds. The van der Waals surface area contributed by atoms with Crippen LogP contribution in [0.3, 0.4) is 0 Å². The number of alkyl halides is 6. The number of carbonyl (C=O) groups is 2. The molecular formula is C22H11BrF6N6O3S. The summed E-state index contributed by atoms with van der Waals surface area (Å²) in [4.78, 5) is 32.5. The molecule has 0 aliphatic rings. The lowest BCUT2D eigenvalue weighted by Gasteiger charge is -2.10. The minimum atomic E-state index is -4.86. The fourth-order valence-corrected chi connectivity index (χ4v) is 5.32. The number of hydrogen-bond acceptors (Lipinski definition) is 7. The van der Waals surface area contributed by atoms with Crippen molar-refractivity contribution in [3.8, 4) is 11.3 Å². The summed E-state index contributed by atoms with van der Waals surface area (Å²) in [6.07, 6.45) is -8.50. The first kappa shape index (κ1) is 26.6. The van der Waals surface area contributed by atoms with Gasteiger partial charge in [0.2, 0.25) is 0 Å². The molecule has 0 fully saturated rings. The van der Waals surface area contributed by atoms with Gasteiger partial charge in [0.15, 0.2) is 11.3 Å². The summed E-state index contributed by atoms with van der Waals surface area (Å²) in [6, 6.07) is 4.19. The van der Waals surface area contributed by atoms with Gasteiger partial charge in [0.1, 0.15) is 26.9 Å². The first-order valence-corrected chi connectivity index (χ1v) is 12.1. The molecule has 0 aliphatic heterocycles. The van der Waals surface area contributed by atoms with Gasteiger partial charge in [-0.1, -0.05) is 0 Å². The van der Waals surface area contributed by atoms with Crippen molar-refractivity contribution < 1.29 is 40.3 Å². The molecule has 17 heteroatoms. The van der Waals surface area contributed by atoms with E-state index >= 15 is 0 Å². The summed E-state index contributed by atoms with van der Waals surface area (Å²) in [5.41, 5.74) is 1.61. The van der Waals surface area contributed by atoms with Crippen molar-refractivity contribution in [2.75, 3.05) is 5.32 Å². The molecule has 5 aromatic heterocycles. The van der Waals surface area contributed by atoms with E-state index in [1.807, 2.05) is 0 Å². The van der Waals surface area contributed by atoms with Gasteiger partial charge in [-0.3, -0.25) is 9.59 Å². The monoisotopic (exact) mass is 632 g/mol. The smallest absolute Gasteiger partial charge is 0.433 e. The minimum Gasteiger partial charge on any atom is -0.464 e. The van der Waals surface area contributed by atoms with Crippen LogP contribution in [0.2, 0.25) is 0 Å². The number of fused-ring (bicyclic) bond motifs is 2. The molecule has 0 unspecified atom stereocenters. The van der Waals surface area contributed by atoms with Crippen LogP contribution >= 0.6 is 27.3 Å². The van der Waals surface area contributed by atoms with Crippen molar-refractivity contribution in [2.24, 2.45) is 5.73 Å². The van der Waals surface area contributed by atoms with Crippen molar-refractivity contribution in [1.82, 2.24) is 19.6 Å². The SMILES string of the molecule is Cc1cc(C(F)(F)F)n2nc(C(=O)Nc3c(C(N)=O)sc4nc(C(F)(F)F)cc(-c5ccco5)c34)c(Br)c2n1. The van der Waals surface area contributed by atoms with E-state index in [2.05, 4.69) is 36.3 Å². The molecule has 5 heterocycles. The van der Waals surface area contributed by atoms with Crippen LogP contribution in [0.1, 0.15) is 37.2 Å². The third-order valence-corrected chi connectivity index (χ3v) is 7.20. The minimum absolute atomic E-state index is 0.00291. The van der Waals surface area contributed by atoms with Gasteiger partial charge in [-0.05, 0) is 47.1 Å². The molecule has 0 radical (unpaired) electrons. The molecule has 0 aliphatic carbocycles. The number of carbonyl (C=O) groups excluding carboxylic acids is 2. The Morgan fingerprint density at radius 2 is 1.85 bits per heavy atom. The van der Waals surface area contributed by atoms with Crippen LogP contribution < -0.4 is 11.1 Å². The van der Waals surface area contributed by atoms with Crippen molar-refractivity contribution in [3.63, 3.8) is 0 Å². The zero-order valence-electron chi connectivity index (χ0n) is 19.0. The maximum absolute atomic E-state index is 13.6. The molecule has 3 N–H and O–H groups in total. The Balaban J connectivity index is 1.71. The average Bonchev–Trinajstić information content (AvgIpc) is 3.56. The van der Waals surface area contributed by atoms with Crippen molar-refractivity contribution in [3.05, 3.63) is 62.7 Å². The normalized spacial score (nSPS) is 12.4. The number of thiophene rings is 1. The number of furan rings is 1. The van der Waals surface area contributed by atoms with Gasteiger partial charge in [0, 0.05) is 16.6 Å². The first-order chi connectivity index (χ1) is 18.2. The second kappa shape index (κ2) is 9.04. The highest BCUT2D eigenvalue weighted by atomic mass is 79.9. The number of aromatic nitrogens is 4. The summed E-state index contributed by atoms with van der Waals surface area (Å²) >= 11 is 3.54. The van der Waals surface area contributed by atoms with E-state index in [0.717, 1.165) is 6.07 Å². The van der Waals surface area contributed by atoms with Crippen LogP contribution in [0.25, 0.3) is 27.2 Å². The van der Waals surface area contributed by atoms with E-state index in [-0.39, 0.29) is 47.9 Å². The number of nitrogens with one attached hydrogen (secondary N) is 1. The fourth-order valence-electron chi connectivity index (χ4n) is 3.80. The van der Waals surface area contributed by atoms with E-state index in [4.69, 9.17) is 10.2 Å². The number of primary amides is 1. The van der Waals surface area contributed by atoms with Gasteiger partial charge in [-0.15, -0.1) is 11.3 Å². The Labute approximate surface area is 224 Å². The molecule has 0 aromatic carbocycles. The van der Waals surface area contributed by atoms with Gasteiger partial charge in [-0.25, -0.2) is 14.5 Å². The van der Waals surface area contributed by atoms with E-state index in [1.165, 1.54) is 25.3 Å². The number of anilines is 1. The van der Waals surface area contributed by atoms with Gasteiger partial charge in [0.25, 0.3) is 11.8 Å². The van der Waals surface area contributed by atoms with Crippen molar-refractivity contribution >= 4 is 60.6 Å². The van der Waals surface area contributed by atoms with Crippen LogP contribution in [-0.2, 0) is 12.4 Å². The van der Waals surface area contributed by atoms with E-state index < -0.39 is 41.2 Å². The lowest BCUT2D eigenvalue weighted by Crippen LogP contribution is -2.18. The second-order valence-corrected chi connectivity index (χ2v) is 9.81. The van der Waals surface area contributed by atoms with Crippen LogP contribution in [0.5, 0.6) is 0 Å². The Hall–Kier alpha value is -3.99. The first-order valence-electron chi connectivity index (χ1n) is 10.5. The molecule has 0 spiro atoms. The molecule has 0 bridgehead atoms. The zero-order valence-corrected chi connectivity index (χ0v) is 21.4. The highest BCUT2D eigenvalue weighted by Crippen LogP contribution is 2.44. The number of pyridine rings is 1. The number of rotatable bonds is 4. The van der Waals surface area contributed by atoms with Crippen LogP contribution in [0, 0.1) is 6.92 Å². The standard InChI is InChI=1S/C22H11BrF6N6O3S/c1-7-5-11(22(27,28)29)35-18(31-7)13(23)15(34-35)19(37)33-14-12-8(9-3-2-4-38-9)6-10(21(24,25)26)32-20(12)39-16(14)17(30)36/h2-6H,1H3,(H2,30,36)(H,33,37). The maximum atomic E-state index is 13.6. The highest BCUT2D eigenvalue weighted by molar-refractivity contribution is 9.10. The molecule has 5 rings (SSSR count). The highest BCUT2D eigenvalue weighted by Gasteiger charge is 2.37. The van der Waals surface area contributed by atoms with Crippen LogP contribution in [0.4, 0.5) is 32.0 Å². The van der Waals surface area contributed by atoms with Crippen LogP contribution in [0.15, 0.2) is 39.4 Å². The largest absolute Gasteiger partial charge is 0.464 e. The number of aryl methyl sites for hydroxylation is 1. The molecule has 0 atom stereocenters. The third kappa shape index (κ3) is 4.60. The van der Waals surface area contributed by atoms with Gasteiger partial charge in [0.05, 0.1) is 16.4 Å². The summed E-state index contributed by atoms with van der Waals surface area (Å²) in [5, 5.41) is 6.01. The number of nitrogens with zero attached hydrogens (tertiary/aromatic N) is 4. The topological polar surface area (TPSA) is 128 Å². The molecular weight excluding hydrogens is 622 g/mol. The van der Waals surface area contributed by atoms with E-state index in [0.29, 0.717) is 21.9 Å². The van der Waals surface area contributed by atoms with Crippen molar-refractivity contribution in [2.45, 2.75) is 19.3 Å². The number of amides is 2. The molecule has 0 saturated heterocycles. The number of halogens is 7. The summed E-state index contributed by atoms with van der Waals surface area (Å²) in [7, 11) is 0. The maximum Gasteiger partial charge on any atom is 0.433 e. The summed E-state index contributed by atoms with van der Waals surface area (Å²) in [5.74, 6) is -2.25. The molecule has 9 nitrogen and oxygen atoms in total. The zero-order chi connectivity index (χ0) is 28.4. The lowest BCUT2D eigenvalue weighted by molar-refractivity contribution is -0.143. The van der Waals surface area contributed by atoms with Crippen molar-refractivity contribution in [1.29, 1.82) is 0 Å². The third-order valence-electron chi connectivity index (χ3n) is 5.37. The molecule has 202 valence electrons. The Morgan fingerprint density at radius 3 is 2.44 bits per heavy atom. The summed E-state index contributed by atoms with van der Waals surface area (Å²) < 4.78 is 87.0. The van der Waals surface area contributed by atoms with E-state index in [1.54, 1.807) is 0 Å². The van der Waals surface area contributed by atoms with Gasteiger partial charge in [-0.2, -0.15) is 31.4 Å². The average molecular weight is 633 g/mol. The van der Waals surface area contributed by atoms with Crippen LogP contribution in [-0.4, -0.2) is 31.4 Å². The number of hydrogen-bond donors (Lipinski definition) is 2. The summed E-state index contributed by atoms with van der Waals surface area (Å²) in [6.45, 7) is 1.32.